The Hall–Kier alpha value is -0.380. The summed E-state index contributed by atoms with van der Waals surface area (Å²) in [5.74, 6) is 0. The second-order valence-corrected chi connectivity index (χ2v) is 5.70. The highest BCUT2D eigenvalue weighted by Gasteiger charge is 2.20. The molecule has 2 rings (SSSR count). The van der Waals surface area contributed by atoms with Gasteiger partial charge in [-0.25, -0.2) is 0 Å². The van der Waals surface area contributed by atoms with E-state index in [1.54, 1.807) is 0 Å². The van der Waals surface area contributed by atoms with Gasteiger partial charge in [-0.2, -0.15) is 0 Å². The molecule has 2 atom stereocenters. The molecular weight excluding hydrogens is 276 g/mol. The van der Waals surface area contributed by atoms with Crippen molar-refractivity contribution < 1.29 is 0 Å². The van der Waals surface area contributed by atoms with Crippen molar-refractivity contribution in [1.29, 1.82) is 0 Å². The van der Waals surface area contributed by atoms with Crippen molar-refractivity contribution in [2.24, 2.45) is 5.73 Å². The van der Waals surface area contributed by atoms with E-state index in [0.717, 1.165) is 13.0 Å². The highest BCUT2D eigenvalue weighted by atomic mass is 79.9. The third-order valence-electron chi connectivity index (χ3n) is 3.58. The van der Waals surface area contributed by atoms with Crippen molar-refractivity contribution in [3.05, 3.63) is 34.3 Å². The first-order valence-corrected chi connectivity index (χ1v) is 7.29. The molecule has 1 aromatic carbocycles. The van der Waals surface area contributed by atoms with E-state index in [-0.39, 0.29) is 0 Å². The average Bonchev–Trinajstić information content (AvgIpc) is 2.34. The third-order valence-corrected chi connectivity index (χ3v) is 4.35. The minimum absolute atomic E-state index is 0.350. The lowest BCUT2D eigenvalue weighted by atomic mass is 9.91. The van der Waals surface area contributed by atoms with E-state index < -0.39 is 0 Å². The lowest BCUT2D eigenvalue weighted by Gasteiger charge is -2.29. The van der Waals surface area contributed by atoms with Crippen LogP contribution in [0.4, 0.5) is 0 Å². The Kier molecular flexibility index (Phi) is 5.01. The van der Waals surface area contributed by atoms with E-state index in [0.29, 0.717) is 12.1 Å². The van der Waals surface area contributed by atoms with Gasteiger partial charge in [0.15, 0.2) is 0 Å². The van der Waals surface area contributed by atoms with Gasteiger partial charge < -0.3 is 11.1 Å². The molecule has 1 saturated carbocycles. The van der Waals surface area contributed by atoms with Gasteiger partial charge in [0, 0.05) is 16.6 Å². The fourth-order valence-electron chi connectivity index (χ4n) is 2.51. The van der Waals surface area contributed by atoms with Crippen LogP contribution in [-0.2, 0) is 6.42 Å². The maximum Gasteiger partial charge on any atom is 0.0219 e. The number of benzene rings is 1. The molecule has 0 aliphatic heterocycles. The maximum atomic E-state index is 6.12. The van der Waals surface area contributed by atoms with Gasteiger partial charge in [-0.15, -0.1) is 0 Å². The summed E-state index contributed by atoms with van der Waals surface area (Å²) in [4.78, 5) is 0. The van der Waals surface area contributed by atoms with E-state index in [1.165, 1.54) is 35.7 Å². The Labute approximate surface area is 112 Å². The van der Waals surface area contributed by atoms with Crippen molar-refractivity contribution >= 4 is 15.9 Å². The molecule has 2 unspecified atom stereocenters. The molecule has 17 heavy (non-hydrogen) atoms. The second-order valence-electron chi connectivity index (χ2n) is 4.85. The fourth-order valence-corrected chi connectivity index (χ4v) is 2.99. The van der Waals surface area contributed by atoms with Crippen LogP contribution >= 0.6 is 15.9 Å². The molecule has 94 valence electrons. The summed E-state index contributed by atoms with van der Waals surface area (Å²) in [6, 6.07) is 9.29. The van der Waals surface area contributed by atoms with Crippen LogP contribution < -0.4 is 11.1 Å². The predicted octanol–water partition coefficient (Wildman–Crippen LogP) is 2.85. The molecule has 0 saturated heterocycles. The highest BCUT2D eigenvalue weighted by molar-refractivity contribution is 9.10. The summed E-state index contributed by atoms with van der Waals surface area (Å²) in [7, 11) is 0. The fraction of sp³-hybridized carbons (Fsp3) is 0.571. The van der Waals surface area contributed by atoms with Gasteiger partial charge in [-0.1, -0.05) is 47.0 Å². The van der Waals surface area contributed by atoms with Gasteiger partial charge in [0.25, 0.3) is 0 Å². The molecule has 0 radical (unpaired) electrons. The molecule has 3 heteroatoms. The summed E-state index contributed by atoms with van der Waals surface area (Å²) in [5, 5.41) is 3.60. The van der Waals surface area contributed by atoms with E-state index in [1.807, 2.05) is 0 Å². The minimum Gasteiger partial charge on any atom is -0.326 e. The van der Waals surface area contributed by atoms with Crippen LogP contribution in [-0.4, -0.2) is 18.6 Å². The molecule has 2 nitrogen and oxygen atoms in total. The topological polar surface area (TPSA) is 38.0 Å². The standard InChI is InChI=1S/C14H21BrN2/c15-12-6-2-1-5-11(12)9-10-17-14-8-4-3-7-13(14)16/h1-2,5-6,13-14,17H,3-4,7-10,16H2. The number of rotatable bonds is 4. The van der Waals surface area contributed by atoms with Crippen LogP contribution in [0.1, 0.15) is 31.2 Å². The summed E-state index contributed by atoms with van der Waals surface area (Å²) in [5.41, 5.74) is 7.48. The van der Waals surface area contributed by atoms with Crippen molar-refractivity contribution in [2.45, 2.75) is 44.2 Å². The Balaban J connectivity index is 1.77. The predicted molar refractivity (Wildman–Crippen MR) is 76.1 cm³/mol. The molecule has 1 fully saturated rings. The second kappa shape index (κ2) is 6.53. The maximum absolute atomic E-state index is 6.12. The van der Waals surface area contributed by atoms with Gasteiger partial charge in [-0.3, -0.25) is 0 Å². The van der Waals surface area contributed by atoms with Gasteiger partial charge in [-0.05, 0) is 37.4 Å². The monoisotopic (exact) mass is 296 g/mol. The number of hydrogen-bond acceptors (Lipinski definition) is 2. The molecule has 3 N–H and O–H groups in total. The van der Waals surface area contributed by atoms with Crippen LogP contribution in [0, 0.1) is 0 Å². The highest BCUT2D eigenvalue weighted by Crippen LogP contribution is 2.18. The zero-order valence-electron chi connectivity index (χ0n) is 10.2. The van der Waals surface area contributed by atoms with E-state index >= 15 is 0 Å². The molecule has 1 aliphatic carbocycles. The smallest absolute Gasteiger partial charge is 0.0219 e. The Morgan fingerprint density at radius 3 is 2.76 bits per heavy atom. The Morgan fingerprint density at radius 2 is 2.00 bits per heavy atom. The molecular formula is C14H21BrN2. The zero-order chi connectivity index (χ0) is 12.1. The van der Waals surface area contributed by atoms with Crippen LogP contribution in [0.25, 0.3) is 0 Å². The van der Waals surface area contributed by atoms with Crippen LogP contribution in [0.5, 0.6) is 0 Å². The van der Waals surface area contributed by atoms with E-state index in [9.17, 15) is 0 Å². The summed E-state index contributed by atoms with van der Waals surface area (Å²) in [6.45, 7) is 1.01. The Bertz CT molecular complexity index is 354. The third kappa shape index (κ3) is 3.80. The number of nitrogens with one attached hydrogen (secondary N) is 1. The van der Waals surface area contributed by atoms with Crippen molar-refractivity contribution in [2.75, 3.05) is 6.54 Å². The van der Waals surface area contributed by atoms with E-state index in [2.05, 4.69) is 45.5 Å². The first kappa shape index (κ1) is 13.1. The average molecular weight is 297 g/mol. The number of nitrogens with two attached hydrogens (primary N) is 1. The summed E-state index contributed by atoms with van der Waals surface area (Å²) < 4.78 is 1.20. The van der Waals surface area contributed by atoms with Gasteiger partial charge >= 0.3 is 0 Å². The number of hydrogen-bond donors (Lipinski definition) is 2. The molecule has 1 aromatic rings. The van der Waals surface area contributed by atoms with Gasteiger partial charge in [0.2, 0.25) is 0 Å². The molecule has 0 spiro atoms. The molecule has 0 bridgehead atoms. The minimum atomic E-state index is 0.350. The first-order chi connectivity index (χ1) is 8.27. The van der Waals surface area contributed by atoms with Crippen LogP contribution in [0.15, 0.2) is 28.7 Å². The SMILES string of the molecule is NC1CCCCC1NCCc1ccccc1Br. The lowest BCUT2D eigenvalue weighted by molar-refractivity contribution is 0.329. The summed E-state index contributed by atoms with van der Waals surface area (Å²) >= 11 is 3.58. The van der Waals surface area contributed by atoms with Crippen molar-refractivity contribution in [3.63, 3.8) is 0 Å². The number of halogens is 1. The first-order valence-electron chi connectivity index (χ1n) is 6.50. The Morgan fingerprint density at radius 1 is 1.24 bits per heavy atom. The molecule has 0 aromatic heterocycles. The van der Waals surface area contributed by atoms with E-state index in [4.69, 9.17) is 5.73 Å². The molecule has 0 amide bonds. The largest absolute Gasteiger partial charge is 0.326 e. The van der Waals surface area contributed by atoms with Crippen molar-refractivity contribution in [1.82, 2.24) is 5.32 Å². The molecule has 1 aliphatic rings. The normalized spacial score (nSPS) is 24.8. The van der Waals surface area contributed by atoms with Gasteiger partial charge in [0.05, 0.1) is 0 Å². The molecule has 0 heterocycles. The van der Waals surface area contributed by atoms with Crippen molar-refractivity contribution in [3.8, 4) is 0 Å². The van der Waals surface area contributed by atoms with Gasteiger partial charge in [0.1, 0.15) is 0 Å². The summed E-state index contributed by atoms with van der Waals surface area (Å²) in [6.07, 6.45) is 6.08. The van der Waals surface area contributed by atoms with Crippen LogP contribution in [0.3, 0.4) is 0 Å². The van der Waals surface area contributed by atoms with Crippen LogP contribution in [0.2, 0.25) is 0 Å². The zero-order valence-corrected chi connectivity index (χ0v) is 11.7. The lowest BCUT2D eigenvalue weighted by Crippen LogP contribution is -2.47. The quantitative estimate of drug-likeness (QED) is 0.897.